The summed E-state index contributed by atoms with van der Waals surface area (Å²) in [6.07, 6.45) is 0. The number of nitrogens with zero attached hydrogens (tertiary/aromatic N) is 3. The van der Waals surface area contributed by atoms with Gasteiger partial charge in [0.05, 0.1) is 0 Å². The lowest BCUT2D eigenvalue weighted by molar-refractivity contribution is 0.544. The van der Waals surface area contributed by atoms with Crippen LogP contribution in [0.3, 0.4) is 0 Å². The SMILES string of the molecule is CC(C)(C)c1nc(-c2cccc3c2sc2ccccc23)nc(-c2cccc3c2sc2ccccc23)n1. The van der Waals surface area contributed by atoms with Crippen molar-refractivity contribution in [1.82, 2.24) is 15.0 Å². The Hall–Kier alpha value is -3.67. The molecule has 3 heterocycles. The molecule has 5 heteroatoms. The first-order chi connectivity index (χ1) is 17.5. The van der Waals surface area contributed by atoms with Gasteiger partial charge in [0.2, 0.25) is 0 Å². The maximum atomic E-state index is 5.12. The van der Waals surface area contributed by atoms with E-state index >= 15 is 0 Å². The molecule has 4 aromatic carbocycles. The second kappa shape index (κ2) is 7.92. The average molecular weight is 502 g/mol. The quantitative estimate of drug-likeness (QED) is 0.237. The minimum absolute atomic E-state index is 0.214. The second-order valence-corrected chi connectivity index (χ2v) is 12.2. The molecule has 174 valence electrons. The first kappa shape index (κ1) is 21.6. The molecular formula is C31H23N3S2. The highest BCUT2D eigenvalue weighted by molar-refractivity contribution is 7.26. The fraction of sp³-hybridized carbons (Fsp3) is 0.129. The van der Waals surface area contributed by atoms with E-state index in [1.54, 1.807) is 22.7 Å². The molecule has 0 radical (unpaired) electrons. The summed E-state index contributed by atoms with van der Waals surface area (Å²) in [7, 11) is 0. The molecule has 0 atom stereocenters. The van der Waals surface area contributed by atoms with Crippen molar-refractivity contribution in [3.05, 3.63) is 90.8 Å². The zero-order valence-electron chi connectivity index (χ0n) is 20.2. The zero-order valence-corrected chi connectivity index (χ0v) is 21.9. The van der Waals surface area contributed by atoms with Gasteiger partial charge < -0.3 is 0 Å². The van der Waals surface area contributed by atoms with Gasteiger partial charge >= 0.3 is 0 Å². The van der Waals surface area contributed by atoms with Crippen molar-refractivity contribution in [1.29, 1.82) is 0 Å². The Morgan fingerprint density at radius 1 is 0.500 bits per heavy atom. The minimum atomic E-state index is -0.214. The maximum Gasteiger partial charge on any atom is 0.165 e. The third-order valence-corrected chi connectivity index (χ3v) is 9.04. The number of thiophene rings is 2. The van der Waals surface area contributed by atoms with E-state index in [0.717, 1.165) is 28.6 Å². The highest BCUT2D eigenvalue weighted by atomic mass is 32.1. The summed E-state index contributed by atoms with van der Waals surface area (Å²) in [4.78, 5) is 15.2. The summed E-state index contributed by atoms with van der Waals surface area (Å²) in [6.45, 7) is 6.49. The van der Waals surface area contributed by atoms with Crippen LogP contribution in [-0.2, 0) is 5.41 Å². The largest absolute Gasteiger partial charge is 0.212 e. The van der Waals surface area contributed by atoms with Crippen LogP contribution in [0.25, 0.3) is 63.1 Å². The predicted octanol–water partition coefficient (Wildman–Crippen LogP) is 9.24. The van der Waals surface area contributed by atoms with Crippen LogP contribution in [0.15, 0.2) is 84.9 Å². The van der Waals surface area contributed by atoms with Crippen molar-refractivity contribution in [2.75, 3.05) is 0 Å². The lowest BCUT2D eigenvalue weighted by atomic mass is 9.95. The van der Waals surface area contributed by atoms with Gasteiger partial charge in [-0.1, -0.05) is 81.4 Å². The smallest absolute Gasteiger partial charge is 0.165 e. The predicted molar refractivity (Wildman–Crippen MR) is 155 cm³/mol. The van der Waals surface area contributed by atoms with Gasteiger partial charge in [-0.25, -0.2) is 15.0 Å². The first-order valence-electron chi connectivity index (χ1n) is 12.1. The van der Waals surface area contributed by atoms with Crippen molar-refractivity contribution < 1.29 is 0 Å². The van der Waals surface area contributed by atoms with Crippen molar-refractivity contribution >= 4 is 63.0 Å². The van der Waals surface area contributed by atoms with E-state index in [2.05, 4.69) is 106 Å². The van der Waals surface area contributed by atoms with E-state index in [-0.39, 0.29) is 5.41 Å². The summed E-state index contributed by atoms with van der Waals surface area (Å²) in [6, 6.07) is 30.1. The van der Waals surface area contributed by atoms with Crippen LogP contribution in [0.4, 0.5) is 0 Å². The highest BCUT2D eigenvalue weighted by Gasteiger charge is 2.23. The van der Waals surface area contributed by atoms with E-state index in [0.29, 0.717) is 0 Å². The van der Waals surface area contributed by atoms with Gasteiger partial charge in [0.25, 0.3) is 0 Å². The average Bonchev–Trinajstić information content (AvgIpc) is 3.46. The van der Waals surface area contributed by atoms with Crippen molar-refractivity contribution in [2.24, 2.45) is 0 Å². The van der Waals surface area contributed by atoms with Gasteiger partial charge in [0.15, 0.2) is 11.6 Å². The topological polar surface area (TPSA) is 38.7 Å². The number of fused-ring (bicyclic) bond motifs is 6. The van der Waals surface area contributed by atoms with E-state index in [1.807, 2.05) is 0 Å². The van der Waals surface area contributed by atoms with Crippen LogP contribution in [0.1, 0.15) is 26.6 Å². The monoisotopic (exact) mass is 501 g/mol. The number of benzene rings is 4. The van der Waals surface area contributed by atoms with Crippen LogP contribution in [0.5, 0.6) is 0 Å². The van der Waals surface area contributed by atoms with Crippen LogP contribution in [-0.4, -0.2) is 15.0 Å². The molecule has 7 rings (SSSR count). The minimum Gasteiger partial charge on any atom is -0.212 e. The Bertz CT molecular complexity index is 1810. The number of hydrogen-bond donors (Lipinski definition) is 0. The van der Waals surface area contributed by atoms with Gasteiger partial charge in [-0.15, -0.1) is 22.7 Å². The van der Waals surface area contributed by atoms with Crippen molar-refractivity contribution in [3.63, 3.8) is 0 Å². The van der Waals surface area contributed by atoms with Crippen LogP contribution in [0.2, 0.25) is 0 Å². The summed E-state index contributed by atoms with van der Waals surface area (Å²) < 4.78 is 4.99. The van der Waals surface area contributed by atoms with Gasteiger partial charge in [0.1, 0.15) is 5.82 Å². The van der Waals surface area contributed by atoms with E-state index in [1.165, 1.54) is 40.3 Å². The number of aromatic nitrogens is 3. The molecule has 0 unspecified atom stereocenters. The molecule has 0 bridgehead atoms. The van der Waals surface area contributed by atoms with E-state index < -0.39 is 0 Å². The molecule has 3 aromatic heterocycles. The Morgan fingerprint density at radius 2 is 0.944 bits per heavy atom. The van der Waals surface area contributed by atoms with Crippen molar-refractivity contribution in [2.45, 2.75) is 26.2 Å². The molecule has 0 amide bonds. The van der Waals surface area contributed by atoms with Crippen LogP contribution in [0, 0.1) is 0 Å². The molecule has 0 aliphatic rings. The summed E-state index contributed by atoms with van der Waals surface area (Å²) in [5, 5.41) is 5.05. The summed E-state index contributed by atoms with van der Waals surface area (Å²) in [5.41, 5.74) is 1.91. The molecule has 0 saturated carbocycles. The number of hydrogen-bond acceptors (Lipinski definition) is 5. The molecular weight excluding hydrogens is 478 g/mol. The van der Waals surface area contributed by atoms with Crippen LogP contribution >= 0.6 is 22.7 Å². The van der Waals surface area contributed by atoms with Gasteiger partial charge in [-0.2, -0.15) is 0 Å². The molecule has 36 heavy (non-hydrogen) atoms. The lowest BCUT2D eigenvalue weighted by Gasteiger charge is -2.18. The summed E-state index contributed by atoms with van der Waals surface area (Å²) in [5.74, 6) is 2.28. The molecule has 0 aliphatic carbocycles. The molecule has 7 aromatic rings. The molecule has 0 fully saturated rings. The molecule has 0 saturated heterocycles. The van der Waals surface area contributed by atoms with Gasteiger partial charge in [-0.3, -0.25) is 0 Å². The molecule has 0 spiro atoms. The highest BCUT2D eigenvalue weighted by Crippen LogP contribution is 2.41. The Balaban J connectivity index is 1.52. The Labute approximate surface area is 217 Å². The summed E-state index contributed by atoms with van der Waals surface area (Å²) >= 11 is 3.61. The fourth-order valence-corrected chi connectivity index (χ4v) is 7.22. The maximum absolute atomic E-state index is 5.12. The second-order valence-electron chi connectivity index (χ2n) is 10.1. The molecule has 3 nitrogen and oxygen atoms in total. The Morgan fingerprint density at radius 3 is 1.42 bits per heavy atom. The number of rotatable bonds is 2. The lowest BCUT2D eigenvalue weighted by Crippen LogP contribution is -2.18. The first-order valence-corrected chi connectivity index (χ1v) is 13.7. The fourth-order valence-electron chi connectivity index (χ4n) is 4.80. The normalized spacial score (nSPS) is 12.3. The zero-order chi connectivity index (χ0) is 24.4. The van der Waals surface area contributed by atoms with Crippen LogP contribution < -0.4 is 0 Å². The third kappa shape index (κ3) is 3.34. The van der Waals surface area contributed by atoms with Gasteiger partial charge in [-0.05, 0) is 24.3 Å². The standard InChI is InChI=1S/C31H23N3S2/c1-31(2,3)30-33-28(22-14-8-12-20-18-10-4-6-16-24(18)35-26(20)22)32-29(34-30)23-15-9-13-21-19-11-5-7-17-25(19)36-27(21)23/h4-17H,1-3H3. The van der Waals surface area contributed by atoms with Crippen molar-refractivity contribution in [3.8, 4) is 22.8 Å². The van der Waals surface area contributed by atoms with E-state index in [4.69, 9.17) is 15.0 Å². The molecule has 0 N–H and O–H groups in total. The third-order valence-electron chi connectivity index (χ3n) is 6.60. The molecule has 0 aliphatic heterocycles. The van der Waals surface area contributed by atoms with E-state index in [9.17, 15) is 0 Å². The van der Waals surface area contributed by atoms with Gasteiger partial charge in [0, 0.05) is 56.9 Å². The Kier molecular flexibility index (Phi) is 4.75.